The van der Waals surface area contributed by atoms with Crippen molar-refractivity contribution in [2.24, 2.45) is 0 Å². The molecule has 0 unspecified atom stereocenters. The summed E-state index contributed by atoms with van der Waals surface area (Å²) >= 11 is 0. The number of carbonyl (C=O) groups excluding carboxylic acids is 1. The molecule has 2 N–H and O–H groups in total. The lowest BCUT2D eigenvalue weighted by Crippen LogP contribution is -2.51. The van der Waals surface area contributed by atoms with Crippen molar-refractivity contribution in [3.63, 3.8) is 0 Å². The predicted octanol–water partition coefficient (Wildman–Crippen LogP) is 5.32. The van der Waals surface area contributed by atoms with E-state index in [2.05, 4.69) is 19.8 Å². The number of nitrogens with one attached hydrogen (secondary N) is 2. The molecule has 1 saturated heterocycles. The fraction of sp³-hybridized carbons (Fsp3) is 0.387. The van der Waals surface area contributed by atoms with Gasteiger partial charge in [0.15, 0.2) is 0 Å². The van der Waals surface area contributed by atoms with Gasteiger partial charge in [-0.2, -0.15) is 0 Å². The Balaban J connectivity index is 1.36. The van der Waals surface area contributed by atoms with Crippen molar-refractivity contribution in [1.82, 2.24) is 10.2 Å². The van der Waals surface area contributed by atoms with Gasteiger partial charge in [-0.05, 0) is 67.8 Å². The van der Waals surface area contributed by atoms with Crippen molar-refractivity contribution in [3.05, 3.63) is 89.2 Å². The number of benzene rings is 3. The third-order valence-corrected chi connectivity index (χ3v) is 9.33. The fourth-order valence-corrected chi connectivity index (χ4v) is 6.68. The first-order valence-electron chi connectivity index (χ1n) is 14.0. The largest absolute Gasteiger partial charge is 0.367 e. The number of halogens is 1. The summed E-state index contributed by atoms with van der Waals surface area (Å²) in [5.41, 5.74) is 3.21. The molecular weight excluding hydrogens is 527 g/mol. The Morgan fingerprint density at radius 1 is 0.900 bits per heavy atom. The second-order valence-corrected chi connectivity index (χ2v) is 12.5. The highest BCUT2D eigenvalue weighted by Gasteiger charge is 2.27. The van der Waals surface area contributed by atoms with Crippen LogP contribution in [0, 0.1) is 12.7 Å². The number of piperazine rings is 1. The Morgan fingerprint density at radius 3 is 2.25 bits per heavy atom. The minimum Gasteiger partial charge on any atom is -0.367 e. The molecule has 1 amide bonds. The van der Waals surface area contributed by atoms with E-state index in [-0.39, 0.29) is 23.2 Å². The molecule has 2 aliphatic rings. The molecule has 0 aromatic heterocycles. The lowest BCUT2D eigenvalue weighted by Gasteiger charge is -2.42. The molecule has 3 aromatic rings. The molecule has 40 heavy (non-hydrogen) atoms. The molecule has 212 valence electrons. The second-order valence-electron chi connectivity index (χ2n) is 10.8. The van der Waals surface area contributed by atoms with Crippen LogP contribution >= 0.6 is 0 Å². The van der Waals surface area contributed by atoms with Gasteiger partial charge in [0.25, 0.3) is 15.9 Å². The maximum absolute atomic E-state index is 13.4. The molecular formula is C31H37FN4O3S. The number of hydrogen-bond donors (Lipinski definition) is 2. The van der Waals surface area contributed by atoms with Crippen molar-refractivity contribution in [1.29, 1.82) is 0 Å². The van der Waals surface area contributed by atoms with E-state index in [1.54, 1.807) is 48.5 Å². The lowest BCUT2D eigenvalue weighted by molar-refractivity contribution is 0.0951. The molecule has 5 rings (SSSR count). The summed E-state index contributed by atoms with van der Waals surface area (Å²) in [5, 5.41) is 2.84. The van der Waals surface area contributed by atoms with E-state index in [0.29, 0.717) is 17.3 Å². The quantitative estimate of drug-likeness (QED) is 0.387. The van der Waals surface area contributed by atoms with Gasteiger partial charge < -0.3 is 10.2 Å². The third-order valence-electron chi connectivity index (χ3n) is 7.95. The van der Waals surface area contributed by atoms with Gasteiger partial charge in [0.1, 0.15) is 5.82 Å². The van der Waals surface area contributed by atoms with E-state index in [4.69, 9.17) is 0 Å². The average molecular weight is 565 g/mol. The molecule has 1 saturated carbocycles. The minimum absolute atomic E-state index is 0.164. The summed E-state index contributed by atoms with van der Waals surface area (Å²) < 4.78 is 42.7. The van der Waals surface area contributed by atoms with E-state index in [0.717, 1.165) is 43.0 Å². The molecule has 7 nitrogen and oxygen atoms in total. The van der Waals surface area contributed by atoms with Gasteiger partial charge in [-0.25, -0.2) is 12.8 Å². The van der Waals surface area contributed by atoms with Crippen molar-refractivity contribution < 1.29 is 17.6 Å². The highest BCUT2D eigenvalue weighted by atomic mass is 32.2. The zero-order valence-electron chi connectivity index (χ0n) is 22.9. The first-order chi connectivity index (χ1) is 19.3. The SMILES string of the molecule is Cc1ccc(S(=O)(=O)Nc2cc(C(=O)NCc3ccc(F)cc3)ccc2N2CCN(C3CCCCC3)CC2)cc1. The van der Waals surface area contributed by atoms with Crippen LogP contribution in [0.15, 0.2) is 71.6 Å². The van der Waals surface area contributed by atoms with Crippen LogP contribution in [0.3, 0.4) is 0 Å². The Labute approximate surface area is 236 Å². The lowest BCUT2D eigenvalue weighted by atomic mass is 9.94. The number of anilines is 2. The van der Waals surface area contributed by atoms with Crippen LogP contribution in [-0.2, 0) is 16.6 Å². The number of aryl methyl sites for hydroxylation is 1. The zero-order valence-corrected chi connectivity index (χ0v) is 23.7. The van der Waals surface area contributed by atoms with Crippen LogP contribution in [0.4, 0.5) is 15.8 Å². The standard InChI is InChI=1S/C31H37FN4O3S/c1-23-7-14-28(15-8-23)40(38,39)34-29-21-25(31(37)33-22-24-9-12-26(32)13-10-24)11-16-30(29)36-19-17-35(18-20-36)27-5-3-2-4-6-27/h7-16,21,27,34H,2-6,17-20,22H2,1H3,(H,33,37). The summed E-state index contributed by atoms with van der Waals surface area (Å²) in [7, 11) is -3.88. The van der Waals surface area contributed by atoms with E-state index in [1.165, 1.54) is 44.2 Å². The number of nitrogens with zero attached hydrogens (tertiary/aromatic N) is 2. The van der Waals surface area contributed by atoms with Crippen molar-refractivity contribution in [3.8, 4) is 0 Å². The van der Waals surface area contributed by atoms with Crippen LogP contribution in [-0.4, -0.2) is 51.4 Å². The number of hydrogen-bond acceptors (Lipinski definition) is 5. The van der Waals surface area contributed by atoms with Crippen LogP contribution in [0.25, 0.3) is 0 Å². The Kier molecular flexibility index (Phi) is 8.71. The normalized spacial score (nSPS) is 17.0. The zero-order chi connectivity index (χ0) is 28.1. The van der Waals surface area contributed by atoms with Gasteiger partial charge in [-0.15, -0.1) is 0 Å². The van der Waals surface area contributed by atoms with Crippen LogP contribution in [0.2, 0.25) is 0 Å². The Morgan fingerprint density at radius 2 is 1.57 bits per heavy atom. The van der Waals surface area contributed by atoms with E-state index < -0.39 is 10.0 Å². The molecule has 3 aromatic carbocycles. The Hall–Kier alpha value is -3.43. The molecule has 2 fully saturated rings. The number of amides is 1. The average Bonchev–Trinajstić information content (AvgIpc) is 2.97. The van der Waals surface area contributed by atoms with Gasteiger partial charge in [0.05, 0.1) is 16.3 Å². The molecule has 0 radical (unpaired) electrons. The molecule has 0 bridgehead atoms. The van der Waals surface area contributed by atoms with Crippen molar-refractivity contribution in [2.45, 2.75) is 56.5 Å². The molecule has 1 aliphatic carbocycles. The number of rotatable bonds is 8. The van der Waals surface area contributed by atoms with E-state index in [1.807, 2.05) is 13.0 Å². The summed E-state index contributed by atoms with van der Waals surface area (Å²) in [6.07, 6.45) is 6.42. The van der Waals surface area contributed by atoms with Gasteiger partial charge in [-0.3, -0.25) is 14.4 Å². The summed E-state index contributed by atoms with van der Waals surface area (Å²) in [5.74, 6) is -0.676. The third kappa shape index (κ3) is 6.82. The number of carbonyl (C=O) groups is 1. The topological polar surface area (TPSA) is 81.7 Å². The predicted molar refractivity (Wildman–Crippen MR) is 157 cm³/mol. The van der Waals surface area contributed by atoms with Crippen molar-refractivity contribution in [2.75, 3.05) is 35.8 Å². The summed E-state index contributed by atoms with van der Waals surface area (Å²) in [4.78, 5) is 18.0. The number of sulfonamides is 1. The van der Waals surface area contributed by atoms with E-state index >= 15 is 0 Å². The van der Waals surface area contributed by atoms with Crippen LogP contribution < -0.4 is 14.9 Å². The van der Waals surface area contributed by atoms with Gasteiger partial charge in [-0.1, -0.05) is 49.1 Å². The first-order valence-corrected chi connectivity index (χ1v) is 15.5. The van der Waals surface area contributed by atoms with Gasteiger partial charge in [0.2, 0.25) is 0 Å². The molecule has 9 heteroatoms. The highest BCUT2D eigenvalue weighted by molar-refractivity contribution is 7.92. The van der Waals surface area contributed by atoms with Gasteiger partial charge in [0, 0.05) is 44.3 Å². The second kappa shape index (κ2) is 12.4. The minimum atomic E-state index is -3.88. The van der Waals surface area contributed by atoms with E-state index in [9.17, 15) is 17.6 Å². The molecule has 0 spiro atoms. The molecule has 0 atom stereocenters. The van der Waals surface area contributed by atoms with Crippen molar-refractivity contribution >= 4 is 27.3 Å². The maximum Gasteiger partial charge on any atom is 0.261 e. The maximum atomic E-state index is 13.4. The molecule has 1 heterocycles. The molecule has 1 aliphatic heterocycles. The summed E-state index contributed by atoms with van der Waals surface area (Å²) in [6.45, 7) is 5.55. The highest BCUT2D eigenvalue weighted by Crippen LogP contribution is 2.32. The Bertz CT molecular complexity index is 1410. The van der Waals surface area contributed by atoms with Crippen LogP contribution in [0.5, 0.6) is 0 Å². The van der Waals surface area contributed by atoms with Crippen LogP contribution in [0.1, 0.15) is 53.6 Å². The smallest absolute Gasteiger partial charge is 0.261 e. The fourth-order valence-electron chi connectivity index (χ4n) is 5.62. The van der Waals surface area contributed by atoms with Gasteiger partial charge >= 0.3 is 0 Å². The summed E-state index contributed by atoms with van der Waals surface area (Å²) in [6, 6.07) is 18.4. The first kappa shape index (κ1) is 28.1. The monoisotopic (exact) mass is 564 g/mol.